The van der Waals surface area contributed by atoms with Crippen molar-refractivity contribution in [3.8, 4) is 5.75 Å². The molecule has 0 aromatic heterocycles. The molecule has 2 fully saturated rings. The van der Waals surface area contributed by atoms with E-state index in [9.17, 15) is 4.39 Å². The van der Waals surface area contributed by atoms with E-state index in [1.165, 1.54) is 50.5 Å². The zero-order chi connectivity index (χ0) is 18.8. The molecule has 2 saturated carbocycles. The molecule has 2 aliphatic rings. The Hall–Kier alpha value is -1.83. The van der Waals surface area contributed by atoms with Gasteiger partial charge in [0.15, 0.2) is 11.6 Å². The normalized spacial score (nSPS) is 27.9. The predicted molar refractivity (Wildman–Crippen MR) is 111 cm³/mol. The van der Waals surface area contributed by atoms with E-state index in [4.69, 9.17) is 4.74 Å². The second-order valence-electron chi connectivity index (χ2n) is 8.61. The van der Waals surface area contributed by atoms with Gasteiger partial charge in [0.1, 0.15) is 6.61 Å². The zero-order valence-electron chi connectivity index (χ0n) is 16.4. The molecule has 4 atom stereocenters. The van der Waals surface area contributed by atoms with E-state index in [0.717, 1.165) is 28.5 Å². The summed E-state index contributed by atoms with van der Waals surface area (Å²) >= 11 is 0. The van der Waals surface area contributed by atoms with Crippen LogP contribution in [0.5, 0.6) is 5.75 Å². The maximum Gasteiger partial charge on any atom is 0.165 e. The van der Waals surface area contributed by atoms with Crippen molar-refractivity contribution >= 4 is 10.8 Å². The molecule has 0 aliphatic heterocycles. The van der Waals surface area contributed by atoms with Gasteiger partial charge in [0.05, 0.1) is 0 Å². The minimum absolute atomic E-state index is 0.289. The number of hydrogen-bond donors (Lipinski definition) is 0. The number of hydrogen-bond acceptors (Lipinski definition) is 1. The van der Waals surface area contributed by atoms with Crippen molar-refractivity contribution in [1.29, 1.82) is 0 Å². The van der Waals surface area contributed by atoms with E-state index in [0.29, 0.717) is 18.3 Å². The molecule has 2 aromatic rings. The average molecular weight is 367 g/mol. The highest BCUT2D eigenvalue weighted by molar-refractivity contribution is 5.84. The van der Waals surface area contributed by atoms with Gasteiger partial charge in [-0.25, -0.2) is 4.39 Å². The van der Waals surface area contributed by atoms with Gasteiger partial charge in [-0.3, -0.25) is 0 Å². The minimum atomic E-state index is -0.289. The first-order chi connectivity index (χ1) is 13.2. The number of benzene rings is 2. The summed E-state index contributed by atoms with van der Waals surface area (Å²) in [5, 5.41) is 2.02. The molecule has 27 heavy (non-hydrogen) atoms. The van der Waals surface area contributed by atoms with Crippen LogP contribution in [0.2, 0.25) is 0 Å². The Morgan fingerprint density at radius 3 is 2.67 bits per heavy atom. The van der Waals surface area contributed by atoms with Crippen LogP contribution in [0.3, 0.4) is 0 Å². The molecular weight excluding hydrogens is 335 g/mol. The molecule has 4 rings (SSSR count). The molecule has 0 heterocycles. The first kappa shape index (κ1) is 18.5. The lowest BCUT2D eigenvalue weighted by molar-refractivity contribution is 0.116. The van der Waals surface area contributed by atoms with Gasteiger partial charge in [0, 0.05) is 0 Å². The van der Waals surface area contributed by atoms with E-state index in [1.54, 1.807) is 18.2 Å². The van der Waals surface area contributed by atoms with Crippen molar-refractivity contribution in [1.82, 2.24) is 0 Å². The summed E-state index contributed by atoms with van der Waals surface area (Å²) in [4.78, 5) is 0. The first-order valence-electron chi connectivity index (χ1n) is 10.6. The van der Waals surface area contributed by atoms with Crippen LogP contribution in [0.1, 0.15) is 63.4 Å². The summed E-state index contributed by atoms with van der Waals surface area (Å²) in [5.41, 5.74) is 1.39. The van der Waals surface area contributed by atoms with Crippen molar-refractivity contribution in [3.05, 3.63) is 54.4 Å². The number of halogens is 1. The summed E-state index contributed by atoms with van der Waals surface area (Å²) in [6.45, 7) is 6.29. The van der Waals surface area contributed by atoms with E-state index >= 15 is 0 Å². The molecule has 0 bridgehead atoms. The monoisotopic (exact) mass is 366 g/mol. The highest BCUT2D eigenvalue weighted by Gasteiger charge is 2.35. The van der Waals surface area contributed by atoms with Crippen LogP contribution in [0.25, 0.3) is 10.8 Å². The molecule has 2 aromatic carbocycles. The van der Waals surface area contributed by atoms with Gasteiger partial charge in [-0.2, -0.15) is 0 Å². The van der Waals surface area contributed by atoms with Crippen molar-refractivity contribution in [2.45, 2.75) is 57.8 Å². The highest BCUT2D eigenvalue weighted by atomic mass is 19.1. The third kappa shape index (κ3) is 3.90. The summed E-state index contributed by atoms with van der Waals surface area (Å²) in [7, 11) is 0. The fraction of sp³-hybridized carbons (Fsp3) is 0.520. The number of fused-ring (bicyclic) bond motifs is 2. The first-order valence-corrected chi connectivity index (χ1v) is 10.6. The van der Waals surface area contributed by atoms with Crippen LogP contribution in [-0.2, 0) is 0 Å². The fourth-order valence-electron chi connectivity index (χ4n) is 5.44. The Morgan fingerprint density at radius 1 is 1.04 bits per heavy atom. The fourth-order valence-corrected chi connectivity index (χ4v) is 5.44. The predicted octanol–water partition coefficient (Wildman–Crippen LogP) is 7.25. The van der Waals surface area contributed by atoms with Crippen molar-refractivity contribution in [2.24, 2.45) is 17.8 Å². The summed E-state index contributed by atoms with van der Waals surface area (Å²) in [5.74, 6) is 3.46. The molecule has 0 radical (unpaired) electrons. The Balaban J connectivity index is 1.52. The molecule has 2 unspecified atom stereocenters. The molecule has 0 saturated heterocycles. The smallest absolute Gasteiger partial charge is 0.165 e. The maximum atomic E-state index is 14.3. The van der Waals surface area contributed by atoms with E-state index in [2.05, 4.69) is 31.7 Å². The van der Waals surface area contributed by atoms with Crippen LogP contribution in [-0.4, -0.2) is 6.61 Å². The van der Waals surface area contributed by atoms with Crippen LogP contribution < -0.4 is 4.74 Å². The lowest BCUT2D eigenvalue weighted by atomic mass is 9.63. The molecule has 0 N–H and O–H groups in total. The molecule has 0 spiro atoms. The summed E-state index contributed by atoms with van der Waals surface area (Å²) < 4.78 is 19.8. The SMILES string of the molecule is C=CCOc1cc2ccc([C@@H]3CC[C@@H]4CC(CC)CCC4C3)cc2cc1F. The van der Waals surface area contributed by atoms with E-state index < -0.39 is 0 Å². The quantitative estimate of drug-likeness (QED) is 0.506. The standard InChI is InChI=1S/C25H31FO/c1-3-11-27-25-16-22-10-9-21(14-23(22)15-24(25)26)20-8-7-18-12-17(4-2)5-6-19(18)13-20/h3,9-10,14-20H,1,4-8,11-13H2,2H3/t17?,18-,19?,20-/m1/s1. The molecular formula is C25H31FO. The topological polar surface area (TPSA) is 9.23 Å². The largest absolute Gasteiger partial charge is 0.486 e. The van der Waals surface area contributed by atoms with Crippen LogP contribution in [0.15, 0.2) is 43.0 Å². The zero-order valence-corrected chi connectivity index (χ0v) is 16.4. The summed E-state index contributed by atoms with van der Waals surface area (Å²) in [6, 6.07) is 10.0. The van der Waals surface area contributed by atoms with Gasteiger partial charge in [0.2, 0.25) is 0 Å². The third-order valence-corrected chi connectivity index (χ3v) is 7.04. The lowest BCUT2D eigenvalue weighted by Gasteiger charge is -2.42. The van der Waals surface area contributed by atoms with Crippen LogP contribution in [0.4, 0.5) is 4.39 Å². The molecule has 144 valence electrons. The van der Waals surface area contributed by atoms with Gasteiger partial charge < -0.3 is 4.74 Å². The molecule has 2 heteroatoms. The molecule has 0 amide bonds. The Morgan fingerprint density at radius 2 is 1.85 bits per heavy atom. The van der Waals surface area contributed by atoms with E-state index in [-0.39, 0.29) is 5.82 Å². The Bertz CT molecular complexity index is 811. The third-order valence-electron chi connectivity index (χ3n) is 7.04. The molecule has 1 nitrogen and oxygen atoms in total. The Kier molecular flexibility index (Phi) is 5.52. The maximum absolute atomic E-state index is 14.3. The van der Waals surface area contributed by atoms with Gasteiger partial charge in [-0.1, -0.05) is 50.6 Å². The van der Waals surface area contributed by atoms with Crippen LogP contribution >= 0.6 is 0 Å². The second-order valence-corrected chi connectivity index (χ2v) is 8.61. The number of ether oxygens (including phenoxy) is 1. The van der Waals surface area contributed by atoms with Gasteiger partial charge in [-0.15, -0.1) is 0 Å². The number of rotatable bonds is 5. The highest BCUT2D eigenvalue weighted by Crippen LogP contribution is 2.48. The minimum Gasteiger partial charge on any atom is -0.486 e. The molecule has 2 aliphatic carbocycles. The van der Waals surface area contributed by atoms with Crippen molar-refractivity contribution in [2.75, 3.05) is 6.61 Å². The average Bonchev–Trinajstić information content (AvgIpc) is 2.71. The van der Waals surface area contributed by atoms with Crippen LogP contribution in [0, 0.1) is 23.6 Å². The van der Waals surface area contributed by atoms with Crippen molar-refractivity contribution < 1.29 is 9.13 Å². The second kappa shape index (κ2) is 8.04. The Labute approximate surface area is 162 Å². The lowest BCUT2D eigenvalue weighted by Crippen LogP contribution is -2.30. The van der Waals surface area contributed by atoms with E-state index in [1.807, 2.05) is 0 Å². The summed E-state index contributed by atoms with van der Waals surface area (Å²) in [6.07, 6.45) is 11.2. The van der Waals surface area contributed by atoms with Gasteiger partial charge >= 0.3 is 0 Å². The van der Waals surface area contributed by atoms with Crippen molar-refractivity contribution in [3.63, 3.8) is 0 Å². The van der Waals surface area contributed by atoms with Gasteiger partial charge in [-0.05, 0) is 84.2 Å². The van der Waals surface area contributed by atoms with Gasteiger partial charge in [0.25, 0.3) is 0 Å².